The van der Waals surface area contributed by atoms with Crippen molar-refractivity contribution in [2.75, 3.05) is 38.1 Å². The van der Waals surface area contributed by atoms with Crippen LogP contribution < -0.4 is 10.6 Å². The molecule has 1 saturated heterocycles. The molecule has 0 bridgehead atoms. The molecule has 3 N–H and O–H groups in total. The van der Waals surface area contributed by atoms with Gasteiger partial charge in [0.25, 0.3) is 0 Å². The number of carboxylic acids is 1. The minimum absolute atomic E-state index is 0.0242. The van der Waals surface area contributed by atoms with Crippen LogP contribution in [0.3, 0.4) is 0 Å². The van der Waals surface area contributed by atoms with E-state index in [2.05, 4.69) is 21.8 Å². The van der Waals surface area contributed by atoms with Gasteiger partial charge in [0.1, 0.15) is 5.82 Å². The van der Waals surface area contributed by atoms with Crippen LogP contribution in [0.2, 0.25) is 0 Å². The Labute approximate surface area is 165 Å². The first-order valence-electron chi connectivity index (χ1n) is 9.37. The van der Waals surface area contributed by atoms with Crippen molar-refractivity contribution in [3.8, 4) is 0 Å². The zero-order chi connectivity index (χ0) is 20.4. The lowest BCUT2D eigenvalue weighted by Gasteiger charge is -2.33. The fourth-order valence-corrected chi connectivity index (χ4v) is 3.55. The summed E-state index contributed by atoms with van der Waals surface area (Å²) in [6, 6.07) is 7.55. The van der Waals surface area contributed by atoms with E-state index in [4.69, 9.17) is 10.7 Å². The molecular weight excluding hydrogens is 354 g/mol. The second kappa shape index (κ2) is 7.98. The number of benzene rings is 1. The van der Waals surface area contributed by atoms with Gasteiger partial charge >= 0.3 is 5.97 Å². The van der Waals surface area contributed by atoms with E-state index in [-0.39, 0.29) is 5.69 Å². The third-order valence-electron chi connectivity index (χ3n) is 5.11. The van der Waals surface area contributed by atoms with E-state index < -0.39 is 5.97 Å². The van der Waals surface area contributed by atoms with Gasteiger partial charge in [-0.25, -0.2) is 14.8 Å². The van der Waals surface area contributed by atoms with Crippen LogP contribution >= 0.6 is 0 Å². The maximum Gasteiger partial charge on any atom is 0.354 e. The molecule has 1 aliphatic rings. The van der Waals surface area contributed by atoms with Crippen LogP contribution in [0.5, 0.6) is 0 Å². The molecule has 1 aliphatic heterocycles. The van der Waals surface area contributed by atoms with Crippen molar-refractivity contribution in [3.05, 3.63) is 58.2 Å². The molecule has 1 aromatic carbocycles. The molecule has 28 heavy (non-hydrogen) atoms. The number of hydrogen-bond donors (Lipinski definition) is 2. The van der Waals surface area contributed by atoms with Gasteiger partial charge in [0, 0.05) is 43.5 Å². The van der Waals surface area contributed by atoms with Gasteiger partial charge in [-0.1, -0.05) is 18.2 Å². The van der Waals surface area contributed by atoms with E-state index in [1.54, 1.807) is 13.0 Å². The Morgan fingerprint density at radius 2 is 1.71 bits per heavy atom. The van der Waals surface area contributed by atoms with E-state index in [0.29, 0.717) is 22.9 Å². The predicted molar refractivity (Wildman–Crippen MR) is 111 cm³/mol. The number of piperazine rings is 1. The molecule has 0 atom stereocenters. The summed E-state index contributed by atoms with van der Waals surface area (Å²) >= 11 is 0. The zero-order valence-electron chi connectivity index (χ0n) is 16.9. The highest BCUT2D eigenvalue weighted by Crippen LogP contribution is 2.30. The molecule has 0 unspecified atom stereocenters. The van der Waals surface area contributed by atoms with Crippen LogP contribution in [-0.2, 0) is 0 Å². The molecule has 0 saturated carbocycles. The normalized spacial score (nSPS) is 16.1. The predicted octanol–water partition coefficient (Wildman–Crippen LogP) is 2.28. The lowest BCUT2D eigenvalue weighted by molar-refractivity contribution is 0.0690. The summed E-state index contributed by atoms with van der Waals surface area (Å²) in [5.41, 5.74) is 10.5. The maximum absolute atomic E-state index is 11.7. The highest BCUT2D eigenvalue weighted by Gasteiger charge is 2.22. The molecule has 2 heterocycles. The molecule has 0 aliphatic carbocycles. The number of aromatic carboxylic acids is 1. The van der Waals surface area contributed by atoms with Crippen LogP contribution in [0.4, 0.5) is 5.82 Å². The largest absolute Gasteiger partial charge is 0.477 e. The second-order valence-electron chi connectivity index (χ2n) is 7.36. The maximum atomic E-state index is 11.7. The Balaban J connectivity index is 2.16. The first-order chi connectivity index (χ1) is 13.3. The molecule has 0 spiro atoms. The standard InChI is InChI=1S/C21H27N5O2/c1-13-6-5-7-14(2)18(13)19(15(3)22)20-23-16(21(27)28)12-17(24-20)26-10-8-25(4)9-11-26/h5-7,12H,8-11,22H2,1-4H3,(H,27,28). The number of carboxylic acid groups (broad SMARTS) is 1. The number of rotatable bonds is 4. The average Bonchev–Trinajstić information content (AvgIpc) is 2.64. The molecule has 1 fully saturated rings. The summed E-state index contributed by atoms with van der Waals surface area (Å²) in [6.07, 6.45) is 0. The van der Waals surface area contributed by atoms with Crippen molar-refractivity contribution in [2.24, 2.45) is 5.73 Å². The van der Waals surface area contributed by atoms with Crippen LogP contribution in [0.25, 0.3) is 5.57 Å². The monoisotopic (exact) mass is 381 g/mol. The van der Waals surface area contributed by atoms with E-state index >= 15 is 0 Å². The number of nitrogens with zero attached hydrogens (tertiary/aromatic N) is 4. The fourth-order valence-electron chi connectivity index (χ4n) is 3.55. The first-order valence-corrected chi connectivity index (χ1v) is 9.37. The van der Waals surface area contributed by atoms with Gasteiger partial charge in [0.15, 0.2) is 11.5 Å². The smallest absolute Gasteiger partial charge is 0.354 e. The Hall–Kier alpha value is -2.93. The van der Waals surface area contributed by atoms with Crippen molar-refractivity contribution in [2.45, 2.75) is 20.8 Å². The number of hydrogen-bond acceptors (Lipinski definition) is 6. The highest BCUT2D eigenvalue weighted by molar-refractivity contribution is 5.88. The van der Waals surface area contributed by atoms with Crippen molar-refractivity contribution < 1.29 is 9.90 Å². The second-order valence-corrected chi connectivity index (χ2v) is 7.36. The van der Waals surface area contributed by atoms with Crippen LogP contribution in [0.1, 0.15) is 39.9 Å². The molecule has 148 valence electrons. The third-order valence-corrected chi connectivity index (χ3v) is 5.11. The summed E-state index contributed by atoms with van der Waals surface area (Å²) < 4.78 is 0. The third kappa shape index (κ3) is 3.99. The Morgan fingerprint density at radius 3 is 2.25 bits per heavy atom. The molecule has 7 nitrogen and oxygen atoms in total. The van der Waals surface area contributed by atoms with Crippen LogP contribution in [0, 0.1) is 13.8 Å². The molecule has 2 aromatic rings. The summed E-state index contributed by atoms with van der Waals surface area (Å²) in [5, 5.41) is 9.61. The molecule has 1 aromatic heterocycles. The van der Waals surface area contributed by atoms with Crippen LogP contribution in [0.15, 0.2) is 30.0 Å². The molecule has 0 radical (unpaired) electrons. The Kier molecular flexibility index (Phi) is 5.65. The van der Waals surface area contributed by atoms with Gasteiger partial charge < -0.3 is 20.6 Å². The van der Waals surface area contributed by atoms with Crippen molar-refractivity contribution >= 4 is 17.4 Å². The van der Waals surface area contributed by atoms with Gasteiger partial charge in [0.05, 0.1) is 0 Å². The van der Waals surface area contributed by atoms with E-state index in [1.807, 2.05) is 32.0 Å². The molecule has 3 rings (SSSR count). The van der Waals surface area contributed by atoms with Gasteiger partial charge in [0.2, 0.25) is 0 Å². The van der Waals surface area contributed by atoms with Gasteiger partial charge in [-0.15, -0.1) is 0 Å². The van der Waals surface area contributed by atoms with Crippen LogP contribution in [-0.4, -0.2) is 59.2 Å². The SMILES string of the molecule is CC(N)=C(c1nc(C(=O)O)cc(N2CCN(C)CC2)n1)c1c(C)cccc1C. The Morgan fingerprint density at radius 1 is 1.11 bits per heavy atom. The van der Waals surface area contributed by atoms with Crippen molar-refractivity contribution in [3.63, 3.8) is 0 Å². The lowest BCUT2D eigenvalue weighted by Crippen LogP contribution is -2.45. The summed E-state index contributed by atoms with van der Waals surface area (Å²) in [7, 11) is 2.07. The summed E-state index contributed by atoms with van der Waals surface area (Å²) in [6.45, 7) is 9.19. The summed E-state index contributed by atoms with van der Waals surface area (Å²) in [5.74, 6) is -0.0960. The number of anilines is 1. The minimum Gasteiger partial charge on any atom is -0.477 e. The van der Waals surface area contributed by atoms with E-state index in [9.17, 15) is 9.90 Å². The Bertz CT molecular complexity index is 906. The molecular formula is C21H27N5O2. The molecule has 0 amide bonds. The van der Waals surface area contributed by atoms with Crippen molar-refractivity contribution in [1.82, 2.24) is 14.9 Å². The first kappa shape index (κ1) is 19.8. The van der Waals surface area contributed by atoms with Gasteiger partial charge in [-0.3, -0.25) is 0 Å². The number of nitrogens with two attached hydrogens (primary N) is 1. The zero-order valence-corrected chi connectivity index (χ0v) is 16.9. The number of aromatic nitrogens is 2. The molecule has 7 heteroatoms. The van der Waals surface area contributed by atoms with E-state index in [1.165, 1.54) is 0 Å². The quantitative estimate of drug-likeness (QED) is 0.839. The average molecular weight is 381 g/mol. The van der Waals surface area contributed by atoms with E-state index in [0.717, 1.165) is 42.9 Å². The lowest BCUT2D eigenvalue weighted by atomic mass is 9.94. The van der Waals surface area contributed by atoms with Gasteiger partial charge in [-0.05, 0) is 44.5 Å². The number of carbonyl (C=O) groups is 1. The summed E-state index contributed by atoms with van der Waals surface area (Å²) in [4.78, 5) is 25.2. The fraction of sp³-hybridized carbons (Fsp3) is 0.381. The van der Waals surface area contributed by atoms with Crippen molar-refractivity contribution in [1.29, 1.82) is 0 Å². The van der Waals surface area contributed by atoms with Gasteiger partial charge in [-0.2, -0.15) is 0 Å². The number of aryl methyl sites for hydroxylation is 2. The number of likely N-dealkylation sites (N-methyl/N-ethyl adjacent to an activating group) is 1. The highest BCUT2D eigenvalue weighted by atomic mass is 16.4. The topological polar surface area (TPSA) is 95.6 Å². The minimum atomic E-state index is -1.07. The number of allylic oxidation sites excluding steroid dienone is 1.